The van der Waals surface area contributed by atoms with Gasteiger partial charge in [-0.1, -0.05) is 114 Å². The van der Waals surface area contributed by atoms with Gasteiger partial charge in [-0.2, -0.15) is 0 Å². The van der Waals surface area contributed by atoms with E-state index < -0.39 is 0 Å². The second-order valence-corrected chi connectivity index (χ2v) is 8.13. The Morgan fingerprint density at radius 3 is 2.03 bits per heavy atom. The highest BCUT2D eigenvalue weighted by molar-refractivity contribution is 5.75. The Bertz CT molecular complexity index is 1380. The van der Waals surface area contributed by atoms with Crippen LogP contribution in [-0.2, 0) is 0 Å². The van der Waals surface area contributed by atoms with Crippen molar-refractivity contribution in [2.45, 2.75) is 19.8 Å². The Balaban J connectivity index is 1.56. The van der Waals surface area contributed by atoms with E-state index in [0.29, 0.717) is 0 Å². The van der Waals surface area contributed by atoms with E-state index in [9.17, 15) is 0 Å². The highest BCUT2D eigenvalue weighted by Gasteiger charge is 2.11. The summed E-state index contributed by atoms with van der Waals surface area (Å²) in [7, 11) is 0. The largest absolute Gasteiger partial charge is 0.228 e. The fourth-order valence-corrected chi connectivity index (χ4v) is 3.84. The number of hydrogen-bond donors (Lipinski definition) is 0. The van der Waals surface area contributed by atoms with Crippen LogP contribution in [0.2, 0.25) is 0 Å². The first-order chi connectivity index (χ1) is 16.3. The molecule has 0 bridgehead atoms. The average molecular weight is 425 g/mol. The first-order valence-electron chi connectivity index (χ1n) is 11.2. The number of nitrogens with zero attached hydrogens (tertiary/aromatic N) is 2. The van der Waals surface area contributed by atoms with Crippen molar-refractivity contribution in [1.82, 2.24) is 9.97 Å². The zero-order valence-electron chi connectivity index (χ0n) is 18.6. The molecule has 0 amide bonds. The van der Waals surface area contributed by atoms with E-state index in [-0.39, 0.29) is 0 Å². The van der Waals surface area contributed by atoms with Gasteiger partial charge in [-0.3, -0.25) is 0 Å². The first-order valence-corrected chi connectivity index (χ1v) is 11.2. The van der Waals surface area contributed by atoms with Crippen molar-refractivity contribution in [1.29, 1.82) is 0 Å². The minimum atomic E-state index is 0.735. The molecule has 0 N–H and O–H groups in total. The molecule has 0 spiro atoms. The highest BCUT2D eigenvalue weighted by atomic mass is 14.9. The number of benzene rings is 3. The van der Waals surface area contributed by atoms with Crippen molar-refractivity contribution in [3.05, 3.63) is 114 Å². The maximum absolute atomic E-state index is 4.94. The number of aryl methyl sites for hydroxylation is 1. The van der Waals surface area contributed by atoms with Gasteiger partial charge in [0.2, 0.25) is 0 Å². The number of allylic oxidation sites excluding steroid dienone is 4. The lowest BCUT2D eigenvalue weighted by molar-refractivity contribution is 1.18. The van der Waals surface area contributed by atoms with Gasteiger partial charge >= 0.3 is 0 Å². The molecule has 5 rings (SSSR count). The molecule has 1 aliphatic rings. The van der Waals surface area contributed by atoms with Gasteiger partial charge in [-0.15, -0.1) is 0 Å². The third-order valence-electron chi connectivity index (χ3n) is 5.71. The van der Waals surface area contributed by atoms with Crippen LogP contribution in [0.3, 0.4) is 0 Å². The summed E-state index contributed by atoms with van der Waals surface area (Å²) in [6, 6.07) is 29.3. The highest BCUT2D eigenvalue weighted by Crippen LogP contribution is 2.29. The minimum absolute atomic E-state index is 0.735. The second-order valence-electron chi connectivity index (χ2n) is 8.13. The predicted octanol–water partition coefficient (Wildman–Crippen LogP) is 7.52. The monoisotopic (exact) mass is 424 g/mol. The van der Waals surface area contributed by atoms with E-state index >= 15 is 0 Å². The van der Waals surface area contributed by atoms with Gasteiger partial charge in [0, 0.05) is 29.5 Å². The molecule has 2 heteroatoms. The van der Waals surface area contributed by atoms with Gasteiger partial charge in [-0.05, 0) is 24.1 Å². The van der Waals surface area contributed by atoms with Gasteiger partial charge in [-0.25, -0.2) is 9.97 Å². The topological polar surface area (TPSA) is 25.8 Å². The second kappa shape index (κ2) is 9.51. The molecule has 4 aromatic rings. The van der Waals surface area contributed by atoms with Crippen LogP contribution >= 0.6 is 0 Å². The summed E-state index contributed by atoms with van der Waals surface area (Å²) in [5.41, 5.74) is 8.64. The van der Waals surface area contributed by atoms with Crippen LogP contribution in [-0.4, -0.2) is 9.97 Å². The molecule has 0 saturated heterocycles. The Kier molecular flexibility index (Phi) is 5.95. The molecule has 33 heavy (non-hydrogen) atoms. The number of rotatable bonds is 4. The SMILES string of the molecule is Cc1ccc(-c2nc(-c3ccccc3)cc(-c3ccc(/C4=C/C=C\CC#CC4)cc3)n2)cc1. The fourth-order valence-electron chi connectivity index (χ4n) is 3.84. The van der Waals surface area contributed by atoms with Gasteiger partial charge in [0.05, 0.1) is 11.4 Å². The summed E-state index contributed by atoms with van der Waals surface area (Å²) < 4.78 is 0. The fraction of sp³-hybridized carbons (Fsp3) is 0.0968. The molecule has 3 aromatic carbocycles. The van der Waals surface area contributed by atoms with Crippen molar-refractivity contribution in [2.24, 2.45) is 0 Å². The van der Waals surface area contributed by atoms with Gasteiger partial charge in [0.15, 0.2) is 5.82 Å². The quantitative estimate of drug-likeness (QED) is 0.317. The molecule has 1 aliphatic carbocycles. The van der Waals surface area contributed by atoms with Gasteiger partial charge in [0.1, 0.15) is 0 Å². The molecule has 0 atom stereocenters. The molecule has 0 aliphatic heterocycles. The standard InChI is InChI=1S/C31H24N2/c1-23-14-16-28(17-15-23)31-32-29(26-12-8-5-9-13-26)22-30(33-31)27-20-18-25(19-21-27)24-10-6-3-2-4-7-11-24/h3,5-6,8-10,12-22H,2,11H2,1H3/b6-3-,24-10+. The third-order valence-corrected chi connectivity index (χ3v) is 5.71. The molecule has 0 fully saturated rings. The van der Waals surface area contributed by atoms with Crippen molar-refractivity contribution in [3.63, 3.8) is 0 Å². The van der Waals surface area contributed by atoms with Crippen LogP contribution < -0.4 is 0 Å². The van der Waals surface area contributed by atoms with Crippen molar-refractivity contribution in [3.8, 4) is 45.7 Å². The Hall–Kier alpha value is -4.22. The lowest BCUT2D eigenvalue weighted by Crippen LogP contribution is -1.96. The minimum Gasteiger partial charge on any atom is -0.228 e. The van der Waals surface area contributed by atoms with Crippen LogP contribution in [0.4, 0.5) is 0 Å². The third kappa shape index (κ3) is 4.84. The molecule has 2 nitrogen and oxygen atoms in total. The predicted molar refractivity (Wildman–Crippen MR) is 137 cm³/mol. The zero-order chi connectivity index (χ0) is 22.5. The first kappa shape index (κ1) is 20.7. The van der Waals surface area contributed by atoms with Crippen LogP contribution in [0.15, 0.2) is 103 Å². The summed E-state index contributed by atoms with van der Waals surface area (Å²) in [6.45, 7) is 2.09. The van der Waals surface area contributed by atoms with Crippen molar-refractivity contribution >= 4 is 5.57 Å². The van der Waals surface area contributed by atoms with Crippen molar-refractivity contribution in [2.75, 3.05) is 0 Å². The molecular formula is C31H24N2. The average Bonchev–Trinajstić information content (AvgIpc) is 2.85. The zero-order valence-corrected chi connectivity index (χ0v) is 18.6. The summed E-state index contributed by atoms with van der Waals surface area (Å²) in [6.07, 6.45) is 7.95. The van der Waals surface area contributed by atoms with E-state index in [0.717, 1.165) is 46.7 Å². The van der Waals surface area contributed by atoms with Gasteiger partial charge < -0.3 is 0 Å². The number of aromatic nitrogens is 2. The van der Waals surface area contributed by atoms with E-state index in [1.54, 1.807) is 0 Å². The Morgan fingerprint density at radius 1 is 0.667 bits per heavy atom. The lowest BCUT2D eigenvalue weighted by Gasteiger charge is -2.11. The molecule has 1 aromatic heterocycles. The maximum atomic E-state index is 4.94. The maximum Gasteiger partial charge on any atom is 0.160 e. The molecule has 158 valence electrons. The Morgan fingerprint density at radius 2 is 1.30 bits per heavy atom. The smallest absolute Gasteiger partial charge is 0.160 e. The summed E-state index contributed by atoms with van der Waals surface area (Å²) in [4.78, 5) is 9.84. The van der Waals surface area contributed by atoms with E-state index in [1.165, 1.54) is 16.7 Å². The van der Waals surface area contributed by atoms with E-state index in [2.05, 4.69) is 104 Å². The Labute approximate surface area is 195 Å². The normalized spacial score (nSPS) is 15.4. The van der Waals surface area contributed by atoms with E-state index in [1.807, 2.05) is 18.2 Å². The molecule has 0 unspecified atom stereocenters. The number of hydrogen-bond acceptors (Lipinski definition) is 2. The van der Waals surface area contributed by atoms with Crippen LogP contribution in [0.25, 0.3) is 39.5 Å². The summed E-state index contributed by atoms with van der Waals surface area (Å²) in [5, 5.41) is 0. The molecule has 1 heterocycles. The van der Waals surface area contributed by atoms with Crippen LogP contribution in [0.1, 0.15) is 24.0 Å². The van der Waals surface area contributed by atoms with E-state index in [4.69, 9.17) is 9.97 Å². The molecular weight excluding hydrogens is 400 g/mol. The summed E-state index contributed by atoms with van der Waals surface area (Å²) >= 11 is 0. The lowest BCUT2D eigenvalue weighted by atomic mass is 9.98. The van der Waals surface area contributed by atoms with Crippen molar-refractivity contribution < 1.29 is 0 Å². The van der Waals surface area contributed by atoms with Crippen LogP contribution in [0.5, 0.6) is 0 Å². The van der Waals surface area contributed by atoms with Crippen LogP contribution in [0, 0.1) is 18.8 Å². The molecule has 0 radical (unpaired) electrons. The summed E-state index contributed by atoms with van der Waals surface area (Å²) in [5.74, 6) is 7.16. The molecule has 0 saturated carbocycles. The van der Waals surface area contributed by atoms with Gasteiger partial charge in [0.25, 0.3) is 0 Å².